The summed E-state index contributed by atoms with van der Waals surface area (Å²) in [7, 11) is 0. The minimum Gasteiger partial charge on any atom is -0.364 e. The summed E-state index contributed by atoms with van der Waals surface area (Å²) in [5, 5.41) is 0.771. The van der Waals surface area contributed by atoms with E-state index in [9.17, 15) is 9.59 Å². The van der Waals surface area contributed by atoms with Crippen molar-refractivity contribution in [2.75, 3.05) is 0 Å². The standard InChI is InChI=1S/C16H12ClN3O2/c1-8-2-3-9(17)6-10(8)12-7-13(21)14-11(20-12)4-5-19-15(14)16(18)22/h2-7H,1H3,(H2,18,22)(H,20,21). The number of hydrogen-bond acceptors (Lipinski definition) is 3. The second-order valence-electron chi connectivity index (χ2n) is 4.95. The third-order valence-electron chi connectivity index (χ3n) is 3.47. The van der Waals surface area contributed by atoms with E-state index < -0.39 is 5.91 Å². The molecule has 0 aliphatic heterocycles. The Morgan fingerprint density at radius 2 is 2.05 bits per heavy atom. The van der Waals surface area contributed by atoms with Gasteiger partial charge in [-0.05, 0) is 30.7 Å². The highest BCUT2D eigenvalue weighted by atomic mass is 35.5. The van der Waals surface area contributed by atoms with E-state index in [1.165, 1.54) is 12.3 Å². The first-order chi connectivity index (χ1) is 10.5. The normalized spacial score (nSPS) is 10.8. The lowest BCUT2D eigenvalue weighted by molar-refractivity contribution is 0.0997. The van der Waals surface area contributed by atoms with Crippen LogP contribution in [0.2, 0.25) is 5.02 Å². The van der Waals surface area contributed by atoms with Crippen LogP contribution >= 0.6 is 11.6 Å². The van der Waals surface area contributed by atoms with Gasteiger partial charge in [-0.15, -0.1) is 0 Å². The van der Waals surface area contributed by atoms with Crippen LogP contribution in [0.3, 0.4) is 0 Å². The van der Waals surface area contributed by atoms with E-state index in [-0.39, 0.29) is 16.5 Å². The van der Waals surface area contributed by atoms with Crippen LogP contribution in [0, 0.1) is 6.92 Å². The molecular formula is C16H12ClN3O2. The number of benzene rings is 1. The van der Waals surface area contributed by atoms with Gasteiger partial charge in [0.25, 0.3) is 5.91 Å². The number of nitrogens with two attached hydrogens (primary N) is 1. The van der Waals surface area contributed by atoms with Crippen molar-refractivity contribution in [2.24, 2.45) is 5.73 Å². The molecule has 5 nitrogen and oxygen atoms in total. The molecule has 3 N–H and O–H groups in total. The minimum absolute atomic E-state index is 0.0342. The van der Waals surface area contributed by atoms with E-state index >= 15 is 0 Å². The Hall–Kier alpha value is -2.66. The summed E-state index contributed by atoms with van der Waals surface area (Å²) < 4.78 is 0. The first kappa shape index (κ1) is 14.3. The van der Waals surface area contributed by atoms with Crippen LogP contribution < -0.4 is 11.2 Å². The zero-order chi connectivity index (χ0) is 15.9. The van der Waals surface area contributed by atoms with Crippen molar-refractivity contribution in [1.29, 1.82) is 0 Å². The first-order valence-corrected chi connectivity index (χ1v) is 6.93. The van der Waals surface area contributed by atoms with Gasteiger partial charge < -0.3 is 10.7 Å². The molecule has 6 heteroatoms. The van der Waals surface area contributed by atoms with Crippen LogP contribution in [0.15, 0.2) is 41.3 Å². The summed E-state index contributed by atoms with van der Waals surface area (Å²) in [5.41, 5.74) is 7.85. The fourth-order valence-electron chi connectivity index (χ4n) is 2.42. The molecule has 0 saturated carbocycles. The van der Waals surface area contributed by atoms with Crippen molar-refractivity contribution in [2.45, 2.75) is 6.92 Å². The molecule has 2 heterocycles. The Bertz CT molecular complexity index is 963. The van der Waals surface area contributed by atoms with Crippen LogP contribution in [0.25, 0.3) is 22.2 Å². The highest BCUT2D eigenvalue weighted by molar-refractivity contribution is 6.30. The lowest BCUT2D eigenvalue weighted by atomic mass is 10.0. The molecule has 22 heavy (non-hydrogen) atoms. The van der Waals surface area contributed by atoms with Gasteiger partial charge in [-0.25, -0.2) is 0 Å². The maximum Gasteiger partial charge on any atom is 0.268 e. The number of aromatic amines is 1. The highest BCUT2D eigenvalue weighted by Crippen LogP contribution is 2.25. The highest BCUT2D eigenvalue weighted by Gasteiger charge is 2.14. The summed E-state index contributed by atoms with van der Waals surface area (Å²) in [4.78, 5) is 30.8. The van der Waals surface area contributed by atoms with Crippen LogP contribution in [0.1, 0.15) is 16.1 Å². The summed E-state index contributed by atoms with van der Waals surface area (Å²) >= 11 is 6.03. The van der Waals surface area contributed by atoms with Crippen LogP contribution in [0.4, 0.5) is 0 Å². The zero-order valence-corrected chi connectivity index (χ0v) is 12.4. The number of pyridine rings is 2. The van der Waals surface area contributed by atoms with Crippen LogP contribution in [-0.4, -0.2) is 15.9 Å². The lowest BCUT2D eigenvalue weighted by Crippen LogP contribution is -2.17. The fourth-order valence-corrected chi connectivity index (χ4v) is 2.59. The van der Waals surface area contributed by atoms with E-state index in [0.717, 1.165) is 11.1 Å². The molecular weight excluding hydrogens is 302 g/mol. The molecule has 0 saturated heterocycles. The number of aryl methyl sites for hydroxylation is 1. The summed E-state index contributed by atoms with van der Waals surface area (Å²) in [5.74, 6) is -0.734. The predicted molar refractivity (Wildman–Crippen MR) is 86.1 cm³/mol. The molecule has 0 aliphatic rings. The molecule has 0 unspecified atom stereocenters. The number of carbonyl (C=O) groups excluding carboxylic acids is 1. The predicted octanol–water partition coefficient (Wildman–Crippen LogP) is 2.65. The van der Waals surface area contributed by atoms with Gasteiger partial charge >= 0.3 is 0 Å². The Labute approximate surface area is 130 Å². The minimum atomic E-state index is -0.734. The molecule has 110 valence electrons. The van der Waals surface area contributed by atoms with Gasteiger partial charge in [0, 0.05) is 22.8 Å². The summed E-state index contributed by atoms with van der Waals surface area (Å²) in [6.07, 6.45) is 1.44. The molecule has 3 aromatic rings. The van der Waals surface area contributed by atoms with Crippen molar-refractivity contribution in [3.05, 3.63) is 63.0 Å². The summed E-state index contributed by atoms with van der Waals surface area (Å²) in [6, 6.07) is 8.50. The van der Waals surface area contributed by atoms with Gasteiger partial charge in [0.1, 0.15) is 5.69 Å². The van der Waals surface area contributed by atoms with Crippen molar-refractivity contribution < 1.29 is 4.79 Å². The van der Waals surface area contributed by atoms with Crippen molar-refractivity contribution in [3.8, 4) is 11.3 Å². The van der Waals surface area contributed by atoms with Gasteiger partial charge in [-0.2, -0.15) is 0 Å². The van der Waals surface area contributed by atoms with Gasteiger partial charge in [0.15, 0.2) is 5.43 Å². The number of primary amides is 1. The smallest absolute Gasteiger partial charge is 0.268 e. The van der Waals surface area contributed by atoms with Crippen LogP contribution in [-0.2, 0) is 0 Å². The molecule has 1 aromatic carbocycles. The number of hydrogen-bond donors (Lipinski definition) is 2. The third-order valence-corrected chi connectivity index (χ3v) is 3.70. The Balaban J connectivity index is 2.33. The SMILES string of the molecule is Cc1ccc(Cl)cc1-c1cc(=O)c2c(C(N)=O)nccc2[nH]1. The number of H-pyrrole nitrogens is 1. The van der Waals surface area contributed by atoms with Gasteiger partial charge in [0.2, 0.25) is 0 Å². The lowest BCUT2D eigenvalue weighted by Gasteiger charge is -2.09. The maximum atomic E-state index is 12.4. The molecule has 0 spiro atoms. The summed E-state index contributed by atoms with van der Waals surface area (Å²) in [6.45, 7) is 1.93. The molecule has 3 rings (SSSR count). The molecule has 0 aliphatic carbocycles. The number of carbonyl (C=O) groups is 1. The Kier molecular flexibility index (Phi) is 3.42. The van der Waals surface area contributed by atoms with Gasteiger partial charge in [0.05, 0.1) is 16.6 Å². The second kappa shape index (κ2) is 5.27. The van der Waals surface area contributed by atoms with E-state index in [0.29, 0.717) is 16.2 Å². The molecule has 0 fully saturated rings. The number of rotatable bonds is 2. The number of nitrogens with zero attached hydrogens (tertiary/aromatic N) is 1. The monoisotopic (exact) mass is 313 g/mol. The van der Waals surface area contributed by atoms with Crippen molar-refractivity contribution in [1.82, 2.24) is 9.97 Å². The zero-order valence-electron chi connectivity index (χ0n) is 11.7. The fraction of sp³-hybridized carbons (Fsp3) is 0.0625. The number of nitrogens with one attached hydrogen (secondary N) is 1. The van der Waals surface area contributed by atoms with Gasteiger partial charge in [-0.3, -0.25) is 14.6 Å². The molecule has 1 amide bonds. The molecule has 2 aromatic heterocycles. The van der Waals surface area contributed by atoms with E-state index in [2.05, 4.69) is 9.97 Å². The van der Waals surface area contributed by atoms with E-state index in [1.807, 2.05) is 13.0 Å². The van der Waals surface area contributed by atoms with Crippen molar-refractivity contribution >= 4 is 28.4 Å². The van der Waals surface area contributed by atoms with Crippen molar-refractivity contribution in [3.63, 3.8) is 0 Å². The number of aromatic nitrogens is 2. The maximum absolute atomic E-state index is 12.4. The topological polar surface area (TPSA) is 88.8 Å². The largest absolute Gasteiger partial charge is 0.364 e. The van der Waals surface area contributed by atoms with Gasteiger partial charge in [-0.1, -0.05) is 17.7 Å². The van der Waals surface area contributed by atoms with E-state index in [4.69, 9.17) is 17.3 Å². The molecule has 0 atom stereocenters. The number of halogens is 1. The molecule has 0 bridgehead atoms. The average Bonchev–Trinajstić information content (AvgIpc) is 2.48. The second-order valence-corrected chi connectivity index (χ2v) is 5.39. The van der Waals surface area contributed by atoms with E-state index in [1.54, 1.807) is 18.2 Å². The Morgan fingerprint density at radius 3 is 2.77 bits per heavy atom. The third kappa shape index (κ3) is 2.35. The number of amides is 1. The number of fused-ring (bicyclic) bond motifs is 1. The molecule has 0 radical (unpaired) electrons. The quantitative estimate of drug-likeness (QED) is 0.762. The van der Waals surface area contributed by atoms with Crippen LogP contribution in [0.5, 0.6) is 0 Å². The Morgan fingerprint density at radius 1 is 1.27 bits per heavy atom. The average molecular weight is 314 g/mol. The first-order valence-electron chi connectivity index (χ1n) is 6.56.